The highest BCUT2D eigenvalue weighted by atomic mass is 16.5. The highest BCUT2D eigenvalue weighted by molar-refractivity contribution is 5.91. The van der Waals surface area contributed by atoms with Gasteiger partial charge >= 0.3 is 0 Å². The number of nitrogens with one attached hydrogen (secondary N) is 1. The van der Waals surface area contributed by atoms with Crippen LogP contribution in [0.15, 0.2) is 47.1 Å². The van der Waals surface area contributed by atoms with Gasteiger partial charge in [-0.25, -0.2) is 9.97 Å². The molecule has 0 bridgehead atoms. The Morgan fingerprint density at radius 2 is 1.94 bits per heavy atom. The normalized spacial score (nSPS) is 18.4. The van der Waals surface area contributed by atoms with Crippen LogP contribution >= 0.6 is 0 Å². The number of nitrogens with zero attached hydrogens (tertiary/aromatic N) is 5. The summed E-state index contributed by atoms with van der Waals surface area (Å²) in [6.45, 7) is 7.64. The number of carbonyl (C=O) groups is 1. The van der Waals surface area contributed by atoms with Gasteiger partial charge in [0, 0.05) is 43.5 Å². The lowest BCUT2D eigenvalue weighted by Crippen LogP contribution is -2.54. The molecule has 0 unspecified atom stereocenters. The molecule has 2 aromatic heterocycles. The monoisotopic (exact) mass is 448 g/mol. The first-order chi connectivity index (χ1) is 16.0. The molecule has 2 aliphatic rings. The summed E-state index contributed by atoms with van der Waals surface area (Å²) in [4.78, 5) is 30.0. The largest absolute Gasteiger partial charge is 0.423 e. The van der Waals surface area contributed by atoms with Crippen LogP contribution in [0.1, 0.15) is 26.7 Å². The van der Waals surface area contributed by atoms with Gasteiger partial charge in [0.25, 0.3) is 6.01 Å². The van der Waals surface area contributed by atoms with Crippen molar-refractivity contribution >= 4 is 29.3 Å². The molecule has 2 fully saturated rings. The fourth-order valence-electron chi connectivity index (χ4n) is 4.25. The Labute approximate surface area is 192 Å². The van der Waals surface area contributed by atoms with Crippen molar-refractivity contribution in [2.24, 2.45) is 0 Å². The zero-order valence-electron chi connectivity index (χ0n) is 19.0. The molecule has 1 aromatic carbocycles. The Bertz CT molecular complexity index is 1140. The number of hydrogen-bond donors (Lipinski definition) is 1. The van der Waals surface area contributed by atoms with Gasteiger partial charge in [0.2, 0.25) is 5.95 Å². The molecule has 0 aliphatic carbocycles. The minimum atomic E-state index is -0.618. The number of benzene rings is 1. The van der Waals surface area contributed by atoms with E-state index >= 15 is 0 Å². The van der Waals surface area contributed by atoms with Gasteiger partial charge in [-0.05, 0) is 38.5 Å². The number of rotatable bonds is 5. The standard InChI is InChI=1S/C24H28N6O3/c1-24(2)20(31)7-4-10-30(24)23-26-16-19(33-23)17-5-3-6-18(15-17)27-22-25-9-8-21(28-22)29-11-13-32-14-12-29/h3,5-6,8-9,15-16H,4,7,10-14H2,1-2H3,(H,25,27,28). The molecular weight excluding hydrogens is 420 g/mol. The van der Waals surface area contributed by atoms with E-state index in [1.54, 1.807) is 12.4 Å². The lowest BCUT2D eigenvalue weighted by molar-refractivity contribution is -0.124. The lowest BCUT2D eigenvalue weighted by atomic mass is 9.89. The molecule has 4 heterocycles. The van der Waals surface area contributed by atoms with Crippen LogP contribution < -0.4 is 15.1 Å². The number of carbonyl (C=O) groups excluding carboxylic acids is 1. The number of oxazole rings is 1. The van der Waals surface area contributed by atoms with Gasteiger partial charge in [0.1, 0.15) is 5.82 Å². The van der Waals surface area contributed by atoms with E-state index < -0.39 is 5.54 Å². The molecular formula is C24H28N6O3. The molecule has 9 nitrogen and oxygen atoms in total. The molecule has 0 atom stereocenters. The molecule has 172 valence electrons. The topological polar surface area (TPSA) is 96.6 Å². The Hall–Kier alpha value is -3.46. The number of piperidine rings is 1. The predicted octanol–water partition coefficient (Wildman–Crippen LogP) is 3.66. The van der Waals surface area contributed by atoms with E-state index in [0.717, 1.165) is 43.1 Å². The van der Waals surface area contributed by atoms with Crippen LogP contribution in [0, 0.1) is 0 Å². The van der Waals surface area contributed by atoms with Crippen molar-refractivity contribution in [3.63, 3.8) is 0 Å². The van der Waals surface area contributed by atoms with Crippen molar-refractivity contribution in [3.05, 3.63) is 42.7 Å². The summed E-state index contributed by atoms with van der Waals surface area (Å²) in [5.74, 6) is 2.26. The molecule has 3 aromatic rings. The van der Waals surface area contributed by atoms with E-state index in [4.69, 9.17) is 9.15 Å². The Balaban J connectivity index is 1.34. The number of ketones is 1. The predicted molar refractivity (Wildman–Crippen MR) is 126 cm³/mol. The van der Waals surface area contributed by atoms with Crippen molar-refractivity contribution in [3.8, 4) is 11.3 Å². The van der Waals surface area contributed by atoms with Crippen molar-refractivity contribution in [1.29, 1.82) is 0 Å². The molecule has 9 heteroatoms. The summed E-state index contributed by atoms with van der Waals surface area (Å²) in [6.07, 6.45) is 4.87. The Morgan fingerprint density at radius 3 is 2.79 bits per heavy atom. The third-order valence-corrected chi connectivity index (χ3v) is 6.25. The van der Waals surface area contributed by atoms with Crippen LogP contribution in [0.5, 0.6) is 0 Å². The van der Waals surface area contributed by atoms with Crippen LogP contribution in [-0.2, 0) is 9.53 Å². The van der Waals surface area contributed by atoms with Crippen LogP contribution in [-0.4, -0.2) is 59.1 Å². The molecule has 0 radical (unpaired) electrons. The number of hydrogen-bond acceptors (Lipinski definition) is 9. The van der Waals surface area contributed by atoms with E-state index in [0.29, 0.717) is 37.4 Å². The summed E-state index contributed by atoms with van der Waals surface area (Å²) in [6, 6.07) is 10.2. The molecule has 33 heavy (non-hydrogen) atoms. The quantitative estimate of drug-likeness (QED) is 0.627. The fourth-order valence-corrected chi connectivity index (χ4v) is 4.25. The van der Waals surface area contributed by atoms with Gasteiger partial charge in [0.05, 0.1) is 24.9 Å². The maximum Gasteiger partial charge on any atom is 0.298 e. The molecule has 0 spiro atoms. The number of aromatic nitrogens is 3. The average Bonchev–Trinajstić information content (AvgIpc) is 3.32. The van der Waals surface area contributed by atoms with Crippen molar-refractivity contribution < 1.29 is 13.9 Å². The fraction of sp³-hybridized carbons (Fsp3) is 0.417. The van der Waals surface area contributed by atoms with Crippen LogP contribution in [0.25, 0.3) is 11.3 Å². The Kier molecular flexibility index (Phi) is 5.72. The number of morpholine rings is 1. The van der Waals surface area contributed by atoms with E-state index in [1.165, 1.54) is 0 Å². The second kappa shape index (κ2) is 8.82. The second-order valence-electron chi connectivity index (χ2n) is 8.79. The Morgan fingerprint density at radius 1 is 1.09 bits per heavy atom. The van der Waals surface area contributed by atoms with Crippen LogP contribution in [0.4, 0.5) is 23.5 Å². The molecule has 5 rings (SSSR count). The zero-order chi connectivity index (χ0) is 22.8. The SMILES string of the molecule is CC1(C)C(=O)CCCN1c1ncc(-c2cccc(Nc3nccc(N4CCOCC4)n3)c2)o1. The lowest BCUT2D eigenvalue weighted by Gasteiger charge is -2.39. The number of ether oxygens (including phenoxy) is 1. The average molecular weight is 449 g/mol. The molecule has 2 aliphatic heterocycles. The van der Waals surface area contributed by atoms with Crippen molar-refractivity contribution in [2.45, 2.75) is 32.2 Å². The second-order valence-corrected chi connectivity index (χ2v) is 8.79. The summed E-state index contributed by atoms with van der Waals surface area (Å²) >= 11 is 0. The highest BCUT2D eigenvalue weighted by Gasteiger charge is 2.39. The first-order valence-electron chi connectivity index (χ1n) is 11.3. The highest BCUT2D eigenvalue weighted by Crippen LogP contribution is 2.33. The molecule has 0 saturated carbocycles. The van der Waals surface area contributed by atoms with Gasteiger partial charge in [-0.3, -0.25) is 4.79 Å². The number of anilines is 4. The van der Waals surface area contributed by atoms with Gasteiger partial charge in [0.15, 0.2) is 11.5 Å². The molecule has 2 saturated heterocycles. The van der Waals surface area contributed by atoms with E-state index in [9.17, 15) is 4.79 Å². The van der Waals surface area contributed by atoms with Crippen LogP contribution in [0.2, 0.25) is 0 Å². The first-order valence-corrected chi connectivity index (χ1v) is 11.3. The van der Waals surface area contributed by atoms with Crippen molar-refractivity contribution in [1.82, 2.24) is 15.0 Å². The molecule has 0 amide bonds. The summed E-state index contributed by atoms with van der Waals surface area (Å²) in [7, 11) is 0. The minimum Gasteiger partial charge on any atom is -0.423 e. The van der Waals surface area contributed by atoms with Gasteiger partial charge in [-0.2, -0.15) is 4.98 Å². The van der Waals surface area contributed by atoms with E-state index in [1.807, 2.05) is 49.1 Å². The summed E-state index contributed by atoms with van der Waals surface area (Å²) in [5.41, 5.74) is 1.11. The smallest absolute Gasteiger partial charge is 0.298 e. The van der Waals surface area contributed by atoms with E-state index in [2.05, 4.69) is 25.2 Å². The number of Topliss-reactive ketones (excluding diaryl/α,β-unsaturated/α-hetero) is 1. The maximum atomic E-state index is 12.4. The third-order valence-electron chi connectivity index (χ3n) is 6.25. The van der Waals surface area contributed by atoms with Crippen molar-refractivity contribution in [2.75, 3.05) is 48.0 Å². The van der Waals surface area contributed by atoms with Crippen LogP contribution in [0.3, 0.4) is 0 Å². The summed E-state index contributed by atoms with van der Waals surface area (Å²) < 4.78 is 11.5. The first kappa shape index (κ1) is 21.4. The van der Waals surface area contributed by atoms with Gasteiger partial charge < -0.3 is 24.3 Å². The van der Waals surface area contributed by atoms with Gasteiger partial charge in [-0.1, -0.05) is 12.1 Å². The van der Waals surface area contributed by atoms with E-state index in [-0.39, 0.29) is 5.78 Å². The molecule has 1 N–H and O–H groups in total. The maximum absolute atomic E-state index is 12.4. The minimum absolute atomic E-state index is 0.207. The summed E-state index contributed by atoms with van der Waals surface area (Å²) in [5, 5.41) is 3.29. The zero-order valence-corrected chi connectivity index (χ0v) is 19.0. The third kappa shape index (κ3) is 4.41. The van der Waals surface area contributed by atoms with Gasteiger partial charge in [-0.15, -0.1) is 0 Å².